The summed E-state index contributed by atoms with van der Waals surface area (Å²) in [5.41, 5.74) is 3.00. The standard InChI is InChI=1S/C17H15N7OS/c1-24-14-7-11(8-21-13(14)9-22-24)16(25)20-6-3-12-10-26-17(23-12)15-18-4-2-5-19-15/h2,4-5,7-10H,3,6H2,1H3,(H,20,25). The van der Waals surface area contributed by atoms with Gasteiger partial charge in [0.15, 0.2) is 10.8 Å². The normalized spacial score (nSPS) is 11.0. The predicted molar refractivity (Wildman–Crippen MR) is 97.7 cm³/mol. The number of carbonyl (C=O) groups excluding carboxylic acids is 1. The summed E-state index contributed by atoms with van der Waals surface area (Å²) in [5.74, 6) is 0.450. The third-order valence-corrected chi connectivity index (χ3v) is 4.72. The molecule has 4 aromatic rings. The highest BCUT2D eigenvalue weighted by atomic mass is 32.1. The van der Waals surface area contributed by atoms with E-state index in [9.17, 15) is 4.79 Å². The highest BCUT2D eigenvalue weighted by molar-refractivity contribution is 7.13. The topological polar surface area (TPSA) is 98.5 Å². The fraction of sp³-hybridized carbons (Fsp3) is 0.176. The van der Waals surface area contributed by atoms with Crippen molar-refractivity contribution in [1.29, 1.82) is 0 Å². The van der Waals surface area contributed by atoms with E-state index in [4.69, 9.17) is 0 Å². The second-order valence-electron chi connectivity index (χ2n) is 5.62. The fourth-order valence-electron chi connectivity index (χ4n) is 2.49. The van der Waals surface area contributed by atoms with E-state index in [1.807, 2.05) is 12.4 Å². The molecule has 4 rings (SSSR count). The number of hydrogen-bond acceptors (Lipinski definition) is 7. The van der Waals surface area contributed by atoms with Crippen LogP contribution in [0.25, 0.3) is 21.9 Å². The van der Waals surface area contributed by atoms with Crippen molar-refractivity contribution in [2.45, 2.75) is 6.42 Å². The predicted octanol–water partition coefficient (Wildman–Crippen LogP) is 1.85. The van der Waals surface area contributed by atoms with Crippen LogP contribution in [0.2, 0.25) is 0 Å². The quantitative estimate of drug-likeness (QED) is 0.580. The van der Waals surface area contributed by atoms with E-state index in [-0.39, 0.29) is 5.91 Å². The third kappa shape index (κ3) is 3.29. The lowest BCUT2D eigenvalue weighted by atomic mass is 10.2. The van der Waals surface area contributed by atoms with Crippen molar-refractivity contribution in [3.05, 3.63) is 53.6 Å². The monoisotopic (exact) mass is 365 g/mol. The second-order valence-corrected chi connectivity index (χ2v) is 6.48. The average molecular weight is 365 g/mol. The fourth-order valence-corrected chi connectivity index (χ4v) is 3.29. The van der Waals surface area contributed by atoms with Gasteiger partial charge in [-0.1, -0.05) is 0 Å². The molecule has 0 bridgehead atoms. The van der Waals surface area contributed by atoms with Crippen molar-refractivity contribution < 1.29 is 4.79 Å². The van der Waals surface area contributed by atoms with Gasteiger partial charge in [-0.3, -0.25) is 14.5 Å². The molecule has 0 radical (unpaired) electrons. The molecule has 1 amide bonds. The molecule has 26 heavy (non-hydrogen) atoms. The van der Waals surface area contributed by atoms with Crippen molar-refractivity contribution >= 4 is 28.3 Å². The zero-order valence-electron chi connectivity index (χ0n) is 14.0. The Bertz CT molecular complexity index is 1060. The summed E-state index contributed by atoms with van der Waals surface area (Å²) >= 11 is 1.49. The van der Waals surface area contributed by atoms with Crippen molar-refractivity contribution in [2.24, 2.45) is 7.05 Å². The summed E-state index contributed by atoms with van der Waals surface area (Å²) in [6.45, 7) is 0.487. The first-order chi connectivity index (χ1) is 12.7. The van der Waals surface area contributed by atoms with E-state index in [1.165, 1.54) is 11.3 Å². The van der Waals surface area contributed by atoms with Crippen molar-refractivity contribution in [3.63, 3.8) is 0 Å². The SMILES string of the molecule is Cn1ncc2ncc(C(=O)NCCc3csc(-c4ncccn4)n3)cc21. The highest BCUT2D eigenvalue weighted by Crippen LogP contribution is 2.19. The van der Waals surface area contributed by atoms with Crippen LogP contribution in [0.4, 0.5) is 0 Å². The Kier molecular flexibility index (Phi) is 4.36. The first-order valence-corrected chi connectivity index (χ1v) is 8.86. The summed E-state index contributed by atoms with van der Waals surface area (Å²) in [4.78, 5) is 29.5. The number of aromatic nitrogens is 6. The number of hydrogen-bond donors (Lipinski definition) is 1. The van der Waals surface area contributed by atoms with Crippen LogP contribution in [0.5, 0.6) is 0 Å². The summed E-state index contributed by atoms with van der Waals surface area (Å²) in [7, 11) is 1.82. The van der Waals surface area contributed by atoms with Crippen LogP contribution in [-0.2, 0) is 13.5 Å². The number of nitrogens with zero attached hydrogens (tertiary/aromatic N) is 6. The Morgan fingerprint density at radius 3 is 2.92 bits per heavy atom. The van der Waals surface area contributed by atoms with Gasteiger partial charge in [0.2, 0.25) is 0 Å². The molecule has 0 unspecified atom stereocenters. The average Bonchev–Trinajstić information content (AvgIpc) is 3.29. The molecular formula is C17H15N7OS. The molecule has 8 nitrogen and oxygen atoms in total. The molecule has 4 aromatic heterocycles. The van der Waals surface area contributed by atoms with Crippen LogP contribution in [-0.4, -0.2) is 42.2 Å². The number of amides is 1. The number of fused-ring (bicyclic) bond motifs is 1. The van der Waals surface area contributed by atoms with Gasteiger partial charge in [-0.15, -0.1) is 11.3 Å². The van der Waals surface area contributed by atoms with Gasteiger partial charge in [0.1, 0.15) is 5.52 Å². The lowest BCUT2D eigenvalue weighted by Crippen LogP contribution is -2.25. The van der Waals surface area contributed by atoms with E-state index < -0.39 is 0 Å². The zero-order chi connectivity index (χ0) is 17.9. The molecule has 0 aliphatic carbocycles. The van der Waals surface area contributed by atoms with Gasteiger partial charge in [-0.2, -0.15) is 5.10 Å². The smallest absolute Gasteiger partial charge is 0.252 e. The number of rotatable bonds is 5. The van der Waals surface area contributed by atoms with E-state index >= 15 is 0 Å². The Morgan fingerprint density at radius 2 is 2.08 bits per heavy atom. The molecular weight excluding hydrogens is 350 g/mol. The molecule has 0 aliphatic rings. The van der Waals surface area contributed by atoms with Crippen LogP contribution in [0, 0.1) is 0 Å². The van der Waals surface area contributed by atoms with Gasteiger partial charge in [0.05, 0.1) is 23.0 Å². The lowest BCUT2D eigenvalue weighted by Gasteiger charge is -2.04. The van der Waals surface area contributed by atoms with Crippen molar-refractivity contribution in [1.82, 2.24) is 35.0 Å². The number of pyridine rings is 1. The van der Waals surface area contributed by atoms with Crippen LogP contribution >= 0.6 is 11.3 Å². The molecule has 0 fully saturated rings. The molecule has 0 atom stereocenters. The summed E-state index contributed by atoms with van der Waals surface area (Å²) < 4.78 is 1.70. The Hall–Kier alpha value is -3.20. The van der Waals surface area contributed by atoms with Crippen LogP contribution in [0.15, 0.2) is 42.3 Å². The molecule has 0 saturated carbocycles. The summed E-state index contributed by atoms with van der Waals surface area (Å²) in [5, 5.41) is 9.76. The molecule has 9 heteroatoms. The molecule has 1 N–H and O–H groups in total. The molecule has 0 aliphatic heterocycles. The molecule has 130 valence electrons. The van der Waals surface area contributed by atoms with E-state index in [0.717, 1.165) is 21.7 Å². The maximum absolute atomic E-state index is 12.3. The Labute approximate surface area is 153 Å². The molecule has 0 saturated heterocycles. The first kappa shape index (κ1) is 16.3. The van der Waals surface area contributed by atoms with E-state index in [2.05, 4.69) is 30.4 Å². The number of nitrogens with one attached hydrogen (secondary N) is 1. The highest BCUT2D eigenvalue weighted by Gasteiger charge is 2.10. The van der Waals surface area contributed by atoms with E-state index in [0.29, 0.717) is 24.4 Å². The van der Waals surface area contributed by atoms with Crippen LogP contribution < -0.4 is 5.32 Å². The minimum Gasteiger partial charge on any atom is -0.352 e. The second kappa shape index (κ2) is 6.96. The third-order valence-electron chi connectivity index (χ3n) is 3.84. The summed E-state index contributed by atoms with van der Waals surface area (Å²) in [6, 6.07) is 3.56. The Balaban J connectivity index is 1.37. The van der Waals surface area contributed by atoms with Gasteiger partial charge < -0.3 is 5.32 Å². The number of carbonyl (C=O) groups is 1. The van der Waals surface area contributed by atoms with Crippen LogP contribution in [0.3, 0.4) is 0 Å². The maximum Gasteiger partial charge on any atom is 0.252 e. The first-order valence-electron chi connectivity index (χ1n) is 7.98. The number of thiazole rings is 1. The van der Waals surface area contributed by atoms with Crippen molar-refractivity contribution in [3.8, 4) is 10.8 Å². The van der Waals surface area contributed by atoms with Crippen molar-refractivity contribution in [2.75, 3.05) is 6.54 Å². The maximum atomic E-state index is 12.3. The number of aryl methyl sites for hydroxylation is 1. The molecule has 4 heterocycles. The van der Waals surface area contributed by atoms with Gasteiger partial charge in [0.25, 0.3) is 5.91 Å². The molecule has 0 spiro atoms. The lowest BCUT2D eigenvalue weighted by molar-refractivity contribution is 0.0954. The van der Waals surface area contributed by atoms with Crippen LogP contribution in [0.1, 0.15) is 16.1 Å². The minimum atomic E-state index is -0.164. The zero-order valence-corrected chi connectivity index (χ0v) is 14.8. The minimum absolute atomic E-state index is 0.164. The van der Waals surface area contributed by atoms with E-state index in [1.54, 1.807) is 41.6 Å². The Morgan fingerprint density at radius 1 is 1.23 bits per heavy atom. The summed E-state index contributed by atoms with van der Waals surface area (Å²) in [6.07, 6.45) is 7.25. The largest absolute Gasteiger partial charge is 0.352 e. The van der Waals surface area contributed by atoms with Gasteiger partial charge in [-0.25, -0.2) is 15.0 Å². The van der Waals surface area contributed by atoms with Gasteiger partial charge in [-0.05, 0) is 12.1 Å². The van der Waals surface area contributed by atoms with Gasteiger partial charge >= 0.3 is 0 Å². The molecule has 0 aromatic carbocycles. The van der Waals surface area contributed by atoms with Gasteiger partial charge in [0, 0.05) is 44.0 Å².